The lowest BCUT2D eigenvalue weighted by molar-refractivity contribution is 0.177. The molecule has 22 heavy (non-hydrogen) atoms. The lowest BCUT2D eigenvalue weighted by Gasteiger charge is -2.39. The minimum Gasteiger partial charge on any atom is -0.508 e. The number of phenolic OH excluding ortho intramolecular Hbond substituents is 1. The molecule has 2 aromatic rings. The molecule has 4 rings (SSSR count). The van der Waals surface area contributed by atoms with Gasteiger partial charge in [0.2, 0.25) is 0 Å². The molecule has 2 aliphatic rings. The van der Waals surface area contributed by atoms with Crippen molar-refractivity contribution in [2.75, 3.05) is 13.1 Å². The van der Waals surface area contributed by atoms with Crippen LogP contribution in [0.2, 0.25) is 0 Å². The molecule has 2 heteroatoms. The molecule has 1 N–H and O–H groups in total. The highest BCUT2D eigenvalue weighted by atomic mass is 16.3. The van der Waals surface area contributed by atoms with Gasteiger partial charge in [-0.05, 0) is 54.8 Å². The van der Waals surface area contributed by atoms with Crippen LogP contribution in [-0.2, 0) is 12.0 Å². The van der Waals surface area contributed by atoms with E-state index in [1.807, 2.05) is 12.1 Å². The van der Waals surface area contributed by atoms with Gasteiger partial charge in [-0.15, -0.1) is 0 Å². The Balaban J connectivity index is 1.45. The molecular formula is C20H21NO. The monoisotopic (exact) mass is 291 g/mol. The van der Waals surface area contributed by atoms with Crippen molar-refractivity contribution in [3.05, 3.63) is 71.3 Å². The van der Waals surface area contributed by atoms with Crippen LogP contribution >= 0.6 is 0 Å². The standard InChI is InChI=1S/C20H21NO/c22-18-7-5-16(6-8-18)15-21-13-11-20(12-14-21)10-9-17-3-1-2-4-19(17)20/h1-10,22H,11-15H2. The van der Waals surface area contributed by atoms with Gasteiger partial charge < -0.3 is 5.11 Å². The predicted octanol–water partition coefficient (Wildman–Crippen LogP) is 3.95. The third-order valence-corrected chi connectivity index (χ3v) is 5.17. The molecule has 0 unspecified atom stereocenters. The molecular weight excluding hydrogens is 270 g/mol. The van der Waals surface area contributed by atoms with Gasteiger partial charge in [0.25, 0.3) is 0 Å². The molecule has 0 radical (unpaired) electrons. The second kappa shape index (κ2) is 5.29. The van der Waals surface area contributed by atoms with Crippen molar-refractivity contribution >= 4 is 6.08 Å². The van der Waals surface area contributed by atoms with E-state index in [2.05, 4.69) is 41.3 Å². The van der Waals surface area contributed by atoms with Crippen LogP contribution in [0, 0.1) is 0 Å². The van der Waals surface area contributed by atoms with Crippen LogP contribution in [-0.4, -0.2) is 23.1 Å². The van der Waals surface area contributed by atoms with E-state index in [9.17, 15) is 5.11 Å². The number of likely N-dealkylation sites (tertiary alicyclic amines) is 1. The maximum absolute atomic E-state index is 9.37. The second-order valence-corrected chi connectivity index (χ2v) is 6.52. The van der Waals surface area contributed by atoms with Crippen LogP contribution in [0.15, 0.2) is 54.6 Å². The number of nitrogens with zero attached hydrogens (tertiary/aromatic N) is 1. The summed E-state index contributed by atoms with van der Waals surface area (Å²) < 4.78 is 0. The molecule has 1 aliphatic carbocycles. The summed E-state index contributed by atoms with van der Waals surface area (Å²) in [4.78, 5) is 2.52. The summed E-state index contributed by atoms with van der Waals surface area (Å²) >= 11 is 0. The van der Waals surface area contributed by atoms with Crippen LogP contribution in [0.1, 0.15) is 29.5 Å². The van der Waals surface area contributed by atoms with Gasteiger partial charge in [-0.2, -0.15) is 0 Å². The lowest BCUT2D eigenvalue weighted by Crippen LogP contribution is -2.40. The first-order valence-electron chi connectivity index (χ1n) is 8.04. The molecule has 0 amide bonds. The topological polar surface area (TPSA) is 23.5 Å². The van der Waals surface area contributed by atoms with Gasteiger partial charge in [0.1, 0.15) is 5.75 Å². The van der Waals surface area contributed by atoms with Gasteiger partial charge in [0.05, 0.1) is 0 Å². The van der Waals surface area contributed by atoms with Gasteiger partial charge in [0, 0.05) is 12.0 Å². The van der Waals surface area contributed by atoms with Crippen molar-refractivity contribution < 1.29 is 5.11 Å². The van der Waals surface area contributed by atoms with Gasteiger partial charge in [-0.3, -0.25) is 4.90 Å². The van der Waals surface area contributed by atoms with E-state index in [1.165, 1.54) is 29.5 Å². The van der Waals surface area contributed by atoms with E-state index in [1.54, 1.807) is 12.1 Å². The summed E-state index contributed by atoms with van der Waals surface area (Å²) in [7, 11) is 0. The zero-order chi connectivity index (χ0) is 15.0. The molecule has 112 valence electrons. The van der Waals surface area contributed by atoms with Crippen molar-refractivity contribution in [2.24, 2.45) is 0 Å². The fourth-order valence-electron chi connectivity index (χ4n) is 3.84. The fourth-order valence-corrected chi connectivity index (χ4v) is 3.84. The summed E-state index contributed by atoms with van der Waals surface area (Å²) in [6.07, 6.45) is 7.11. The van der Waals surface area contributed by atoms with Gasteiger partial charge in [-0.1, -0.05) is 48.6 Å². The highest BCUT2D eigenvalue weighted by molar-refractivity contribution is 5.65. The van der Waals surface area contributed by atoms with Crippen molar-refractivity contribution in [3.63, 3.8) is 0 Å². The Kier molecular flexibility index (Phi) is 3.27. The number of aromatic hydroxyl groups is 1. The minimum atomic E-state index is 0.266. The Bertz CT molecular complexity index is 694. The third kappa shape index (κ3) is 2.34. The zero-order valence-corrected chi connectivity index (χ0v) is 12.7. The van der Waals surface area contributed by atoms with Crippen LogP contribution < -0.4 is 0 Å². The molecule has 1 aliphatic heterocycles. The molecule has 0 bridgehead atoms. The first-order valence-corrected chi connectivity index (χ1v) is 8.04. The number of piperidine rings is 1. The number of benzene rings is 2. The Morgan fingerprint density at radius 2 is 1.68 bits per heavy atom. The van der Waals surface area contributed by atoms with Gasteiger partial charge in [-0.25, -0.2) is 0 Å². The van der Waals surface area contributed by atoms with Crippen LogP contribution in [0.5, 0.6) is 5.75 Å². The number of rotatable bonds is 2. The van der Waals surface area contributed by atoms with E-state index in [0.717, 1.165) is 19.6 Å². The molecule has 1 spiro atoms. The highest BCUT2D eigenvalue weighted by Crippen LogP contribution is 2.43. The number of hydrogen-bond acceptors (Lipinski definition) is 2. The van der Waals surface area contributed by atoms with Crippen molar-refractivity contribution in [1.29, 1.82) is 0 Å². The van der Waals surface area contributed by atoms with Crippen molar-refractivity contribution in [1.82, 2.24) is 4.90 Å². The molecule has 0 saturated carbocycles. The summed E-state index contributed by atoms with van der Waals surface area (Å²) in [5.41, 5.74) is 4.45. The first kappa shape index (κ1) is 13.6. The lowest BCUT2D eigenvalue weighted by atomic mass is 9.74. The van der Waals surface area contributed by atoms with Crippen LogP contribution in [0.4, 0.5) is 0 Å². The normalized spacial score (nSPS) is 19.5. The van der Waals surface area contributed by atoms with E-state index in [4.69, 9.17) is 0 Å². The summed E-state index contributed by atoms with van der Waals surface area (Å²) in [6, 6.07) is 16.4. The second-order valence-electron chi connectivity index (χ2n) is 6.52. The van der Waals surface area contributed by atoms with Crippen molar-refractivity contribution in [2.45, 2.75) is 24.8 Å². The molecule has 0 aromatic heterocycles. The first-order chi connectivity index (χ1) is 10.8. The molecule has 2 aromatic carbocycles. The van der Waals surface area contributed by atoms with Crippen molar-refractivity contribution in [3.8, 4) is 5.75 Å². The average molecular weight is 291 g/mol. The molecule has 1 saturated heterocycles. The Hall–Kier alpha value is -2.06. The summed E-state index contributed by atoms with van der Waals surface area (Å²) in [5.74, 6) is 0.342. The zero-order valence-electron chi connectivity index (χ0n) is 12.7. The molecule has 0 atom stereocenters. The van der Waals surface area contributed by atoms with E-state index >= 15 is 0 Å². The van der Waals surface area contributed by atoms with Gasteiger partial charge >= 0.3 is 0 Å². The quantitative estimate of drug-likeness (QED) is 0.905. The smallest absolute Gasteiger partial charge is 0.115 e. The Morgan fingerprint density at radius 3 is 2.45 bits per heavy atom. The number of allylic oxidation sites excluding steroid dienone is 1. The summed E-state index contributed by atoms with van der Waals surface area (Å²) in [6.45, 7) is 3.22. The number of hydrogen-bond donors (Lipinski definition) is 1. The maximum Gasteiger partial charge on any atom is 0.115 e. The fraction of sp³-hybridized carbons (Fsp3) is 0.300. The van der Waals surface area contributed by atoms with E-state index in [-0.39, 0.29) is 5.41 Å². The largest absolute Gasteiger partial charge is 0.508 e. The maximum atomic E-state index is 9.37. The predicted molar refractivity (Wildman–Crippen MR) is 89.8 cm³/mol. The Morgan fingerprint density at radius 1 is 0.955 bits per heavy atom. The summed E-state index contributed by atoms with van der Waals surface area (Å²) in [5, 5.41) is 9.37. The van der Waals surface area contributed by atoms with Gasteiger partial charge in [0.15, 0.2) is 0 Å². The third-order valence-electron chi connectivity index (χ3n) is 5.17. The van der Waals surface area contributed by atoms with Crippen LogP contribution in [0.25, 0.3) is 6.08 Å². The molecule has 1 fully saturated rings. The van der Waals surface area contributed by atoms with Crippen LogP contribution in [0.3, 0.4) is 0 Å². The Labute approximate surface area is 131 Å². The SMILES string of the molecule is Oc1ccc(CN2CCC3(C=Cc4ccccc43)CC2)cc1. The molecule has 1 heterocycles. The average Bonchev–Trinajstić information content (AvgIpc) is 2.91. The minimum absolute atomic E-state index is 0.266. The van der Waals surface area contributed by atoms with E-state index in [0.29, 0.717) is 5.75 Å². The number of fused-ring (bicyclic) bond motifs is 2. The molecule has 2 nitrogen and oxygen atoms in total. The number of phenols is 1. The van der Waals surface area contributed by atoms with E-state index < -0.39 is 0 Å². The highest BCUT2D eigenvalue weighted by Gasteiger charge is 2.37.